The smallest absolute Gasteiger partial charge is 0.266 e. The van der Waals surface area contributed by atoms with Crippen molar-refractivity contribution in [3.63, 3.8) is 0 Å². The third-order valence-corrected chi connectivity index (χ3v) is 6.10. The summed E-state index contributed by atoms with van der Waals surface area (Å²) in [5.41, 5.74) is 0.901. The molecular weight excluding hydrogens is 428 g/mol. The lowest BCUT2D eigenvalue weighted by Crippen LogP contribution is -2.22. The quantitative estimate of drug-likeness (QED) is 0.369. The van der Waals surface area contributed by atoms with Crippen LogP contribution in [0.3, 0.4) is 0 Å². The minimum atomic E-state index is -0.197. The number of nitrogens with zero attached hydrogens (tertiary/aromatic N) is 2. The molecule has 2 heterocycles. The number of halogens is 1. The molecule has 2 amide bonds. The summed E-state index contributed by atoms with van der Waals surface area (Å²) >= 11 is 8.96. The molecule has 0 aliphatic rings. The number of anilines is 1. The van der Waals surface area contributed by atoms with Crippen molar-refractivity contribution in [2.45, 2.75) is 24.4 Å². The number of carbonyl (C=O) groups excluding carboxylic acids is 2. The molecule has 1 aromatic carbocycles. The van der Waals surface area contributed by atoms with Crippen LogP contribution in [0.4, 0.5) is 5.82 Å². The maximum absolute atomic E-state index is 12.0. The van der Waals surface area contributed by atoms with Crippen molar-refractivity contribution >= 4 is 52.3 Å². The molecule has 2 N–H and O–H groups in total. The van der Waals surface area contributed by atoms with E-state index in [0.29, 0.717) is 28.7 Å². The largest absolute Gasteiger partial charge is 0.352 e. The van der Waals surface area contributed by atoms with Gasteiger partial charge in [0.25, 0.3) is 5.91 Å². The molecule has 29 heavy (non-hydrogen) atoms. The van der Waals surface area contributed by atoms with Gasteiger partial charge >= 0.3 is 0 Å². The third kappa shape index (κ3) is 6.85. The van der Waals surface area contributed by atoms with E-state index in [2.05, 4.69) is 20.8 Å². The van der Waals surface area contributed by atoms with Gasteiger partial charge in [-0.15, -0.1) is 33.3 Å². The van der Waals surface area contributed by atoms with Crippen molar-refractivity contribution in [3.05, 3.63) is 69.4 Å². The van der Waals surface area contributed by atoms with Gasteiger partial charge in [-0.05, 0) is 41.6 Å². The van der Waals surface area contributed by atoms with E-state index < -0.39 is 0 Å². The first-order valence-corrected chi connectivity index (χ1v) is 11.2. The highest BCUT2D eigenvalue weighted by molar-refractivity contribution is 7.99. The summed E-state index contributed by atoms with van der Waals surface area (Å²) in [6.07, 6.45) is 1.15. The zero-order valence-corrected chi connectivity index (χ0v) is 17.8. The fourth-order valence-corrected chi connectivity index (χ4v) is 3.96. The van der Waals surface area contributed by atoms with Gasteiger partial charge in [-0.1, -0.05) is 35.9 Å². The molecule has 3 aromatic rings. The fraction of sp³-hybridized carbons (Fsp3) is 0.200. The van der Waals surface area contributed by atoms with Crippen LogP contribution in [0.2, 0.25) is 5.02 Å². The number of nitrogens with one attached hydrogen (secondary N) is 2. The van der Waals surface area contributed by atoms with E-state index in [0.717, 1.165) is 22.8 Å². The number of benzene rings is 1. The van der Waals surface area contributed by atoms with Crippen molar-refractivity contribution < 1.29 is 9.59 Å². The fourth-order valence-electron chi connectivity index (χ4n) is 2.38. The molecule has 0 saturated carbocycles. The van der Waals surface area contributed by atoms with Crippen molar-refractivity contribution in [3.8, 4) is 0 Å². The summed E-state index contributed by atoms with van der Waals surface area (Å²) in [6.45, 7) is 0.426. The van der Waals surface area contributed by atoms with Gasteiger partial charge < -0.3 is 10.6 Å². The van der Waals surface area contributed by atoms with Crippen LogP contribution < -0.4 is 10.6 Å². The zero-order chi connectivity index (χ0) is 20.5. The molecule has 150 valence electrons. The summed E-state index contributed by atoms with van der Waals surface area (Å²) in [6, 6.07) is 14.5. The Labute approximate surface area is 182 Å². The molecule has 2 aromatic heterocycles. The Balaban J connectivity index is 1.34. The Hall–Kier alpha value is -2.42. The number of carbonyl (C=O) groups is 2. The van der Waals surface area contributed by atoms with Crippen molar-refractivity contribution in [2.24, 2.45) is 0 Å². The Bertz CT molecular complexity index is 949. The molecule has 0 aliphatic carbocycles. The lowest BCUT2D eigenvalue weighted by molar-refractivity contribution is -0.121. The third-order valence-electron chi connectivity index (χ3n) is 3.86. The molecule has 3 rings (SSSR count). The number of hydrogen-bond acceptors (Lipinski definition) is 6. The number of amides is 2. The second-order valence-corrected chi connectivity index (χ2v) is 8.48. The van der Waals surface area contributed by atoms with E-state index in [9.17, 15) is 9.59 Å². The molecule has 0 radical (unpaired) electrons. The average Bonchev–Trinajstić information content (AvgIpc) is 3.27. The maximum atomic E-state index is 12.0. The Morgan fingerprint density at radius 3 is 2.66 bits per heavy atom. The van der Waals surface area contributed by atoms with Crippen LogP contribution in [0.1, 0.15) is 28.1 Å². The van der Waals surface area contributed by atoms with E-state index in [1.807, 2.05) is 29.6 Å². The first kappa shape index (κ1) is 21.3. The van der Waals surface area contributed by atoms with Crippen LogP contribution in [-0.2, 0) is 11.3 Å². The summed E-state index contributed by atoms with van der Waals surface area (Å²) in [5.74, 6) is 0.946. The van der Waals surface area contributed by atoms with Gasteiger partial charge in [0.1, 0.15) is 5.03 Å². The SMILES string of the molecule is O=C(CCCSc1ccc(NC(=O)c2cccs2)nn1)NCc1ccccc1Cl. The highest BCUT2D eigenvalue weighted by Crippen LogP contribution is 2.18. The highest BCUT2D eigenvalue weighted by atomic mass is 35.5. The lowest BCUT2D eigenvalue weighted by atomic mass is 10.2. The van der Waals surface area contributed by atoms with Gasteiger partial charge in [-0.3, -0.25) is 9.59 Å². The standard InChI is InChI=1S/C20H19ClN4O2S2/c21-15-6-2-1-5-14(15)13-22-18(26)8-4-12-29-19-10-9-17(24-25-19)23-20(27)16-7-3-11-28-16/h1-3,5-7,9-11H,4,8,12-13H2,(H,22,26)(H,23,24,27). The number of thioether (sulfide) groups is 1. The number of thiophene rings is 1. The number of aromatic nitrogens is 2. The van der Waals surface area contributed by atoms with Crippen LogP contribution in [0.25, 0.3) is 0 Å². The van der Waals surface area contributed by atoms with E-state index in [4.69, 9.17) is 11.6 Å². The highest BCUT2D eigenvalue weighted by Gasteiger charge is 2.08. The maximum Gasteiger partial charge on any atom is 0.266 e. The minimum absolute atomic E-state index is 0.0109. The Morgan fingerprint density at radius 1 is 1.07 bits per heavy atom. The van der Waals surface area contributed by atoms with E-state index in [-0.39, 0.29) is 11.8 Å². The van der Waals surface area contributed by atoms with Crippen molar-refractivity contribution in [1.29, 1.82) is 0 Å². The van der Waals surface area contributed by atoms with Crippen LogP contribution >= 0.6 is 34.7 Å². The molecule has 0 unspecified atom stereocenters. The predicted octanol–water partition coefficient (Wildman–Crippen LogP) is 4.63. The van der Waals surface area contributed by atoms with E-state index in [1.54, 1.807) is 24.3 Å². The molecule has 0 spiro atoms. The normalized spacial score (nSPS) is 10.5. The zero-order valence-electron chi connectivity index (χ0n) is 15.4. The topological polar surface area (TPSA) is 84.0 Å². The second-order valence-electron chi connectivity index (χ2n) is 6.01. The number of rotatable bonds is 9. The van der Waals surface area contributed by atoms with Crippen LogP contribution in [0.15, 0.2) is 58.9 Å². The van der Waals surface area contributed by atoms with Gasteiger partial charge in [0.15, 0.2) is 5.82 Å². The van der Waals surface area contributed by atoms with Gasteiger partial charge in [0.05, 0.1) is 4.88 Å². The molecule has 0 fully saturated rings. The van der Waals surface area contributed by atoms with Gasteiger partial charge in [0.2, 0.25) is 5.91 Å². The van der Waals surface area contributed by atoms with E-state index in [1.165, 1.54) is 23.1 Å². The Kier molecular flexibility index (Phi) is 8.03. The molecule has 0 bridgehead atoms. The van der Waals surface area contributed by atoms with Crippen molar-refractivity contribution in [2.75, 3.05) is 11.1 Å². The average molecular weight is 447 g/mol. The van der Waals surface area contributed by atoms with E-state index >= 15 is 0 Å². The molecule has 0 aliphatic heterocycles. The molecule has 0 saturated heterocycles. The monoisotopic (exact) mass is 446 g/mol. The lowest BCUT2D eigenvalue weighted by Gasteiger charge is -2.07. The van der Waals surface area contributed by atoms with Crippen LogP contribution in [-0.4, -0.2) is 27.8 Å². The molecule has 9 heteroatoms. The predicted molar refractivity (Wildman–Crippen MR) is 118 cm³/mol. The number of hydrogen-bond donors (Lipinski definition) is 2. The molecule has 6 nitrogen and oxygen atoms in total. The summed E-state index contributed by atoms with van der Waals surface area (Å²) in [5, 5.41) is 17.0. The van der Waals surface area contributed by atoms with Crippen LogP contribution in [0, 0.1) is 0 Å². The molecule has 0 atom stereocenters. The van der Waals surface area contributed by atoms with Gasteiger partial charge in [-0.2, -0.15) is 0 Å². The second kappa shape index (κ2) is 10.9. The Morgan fingerprint density at radius 2 is 1.93 bits per heavy atom. The first-order chi connectivity index (χ1) is 14.1. The summed E-state index contributed by atoms with van der Waals surface area (Å²) in [4.78, 5) is 24.6. The van der Waals surface area contributed by atoms with Gasteiger partial charge in [-0.25, -0.2) is 0 Å². The van der Waals surface area contributed by atoms with Crippen molar-refractivity contribution in [1.82, 2.24) is 15.5 Å². The minimum Gasteiger partial charge on any atom is -0.352 e. The summed E-state index contributed by atoms with van der Waals surface area (Å²) < 4.78 is 0. The van der Waals surface area contributed by atoms with Crippen LogP contribution in [0.5, 0.6) is 0 Å². The summed E-state index contributed by atoms with van der Waals surface area (Å²) in [7, 11) is 0. The molecular formula is C20H19ClN4O2S2. The van der Waals surface area contributed by atoms with Gasteiger partial charge in [0, 0.05) is 23.7 Å². The first-order valence-electron chi connectivity index (χ1n) is 8.93.